The van der Waals surface area contributed by atoms with Crippen LogP contribution in [0.25, 0.3) is 0 Å². The number of Topliss-reactive ketones (excluding diaryl/α,β-unsaturated/α-hetero) is 1. The molecule has 1 aliphatic carbocycles. The van der Waals surface area contributed by atoms with Crippen LogP contribution in [-0.2, 0) is 25.7 Å². The number of nitrogens with zero attached hydrogens (tertiary/aromatic N) is 1. The van der Waals surface area contributed by atoms with Crippen molar-refractivity contribution in [3.8, 4) is 0 Å². The SMILES string of the molecule is O=C(O)CCCC=CC[C@H]1[C@@H](OCc2cccs2)CC(=O)[C@@H]1N1CCOCC1. The van der Waals surface area contributed by atoms with E-state index in [-0.39, 0.29) is 30.3 Å². The predicted octanol–water partition coefficient (Wildman–Crippen LogP) is 3.12. The topological polar surface area (TPSA) is 76.1 Å². The van der Waals surface area contributed by atoms with Crippen LogP contribution in [0.4, 0.5) is 0 Å². The van der Waals surface area contributed by atoms with Crippen molar-refractivity contribution >= 4 is 23.1 Å². The first kappa shape index (κ1) is 21.2. The summed E-state index contributed by atoms with van der Waals surface area (Å²) < 4.78 is 11.6. The van der Waals surface area contributed by atoms with Crippen molar-refractivity contribution in [3.63, 3.8) is 0 Å². The second-order valence-corrected chi connectivity index (χ2v) is 8.38. The van der Waals surface area contributed by atoms with E-state index in [1.54, 1.807) is 11.3 Å². The van der Waals surface area contributed by atoms with Gasteiger partial charge in [-0.25, -0.2) is 0 Å². The minimum absolute atomic E-state index is 0.0777. The number of aliphatic carboxylic acids is 1. The number of carboxylic acids is 1. The molecule has 0 aromatic carbocycles. The van der Waals surface area contributed by atoms with E-state index in [0.717, 1.165) is 25.9 Å². The average molecular weight is 408 g/mol. The third-order valence-electron chi connectivity index (χ3n) is 5.41. The number of hydrogen-bond donors (Lipinski definition) is 1. The standard InChI is InChI=1S/C21H29NO5S/c23-18-14-19(27-15-16-6-5-13-28-16)17(7-3-1-2-4-8-20(24)25)21(18)22-9-11-26-12-10-22/h1,3,5-6,13,17,19,21H,2,4,7-12,14-15H2,(H,24,25)/t17-,19-,21+/m0/s1. The Kier molecular flexibility index (Phi) is 8.21. The second-order valence-electron chi connectivity index (χ2n) is 7.35. The van der Waals surface area contributed by atoms with Gasteiger partial charge in [-0.1, -0.05) is 18.2 Å². The Morgan fingerprint density at radius 2 is 2.18 bits per heavy atom. The first-order chi connectivity index (χ1) is 13.6. The predicted molar refractivity (Wildman–Crippen MR) is 107 cm³/mol. The van der Waals surface area contributed by atoms with E-state index in [4.69, 9.17) is 14.6 Å². The lowest BCUT2D eigenvalue weighted by Crippen LogP contribution is -2.49. The van der Waals surface area contributed by atoms with Gasteiger partial charge >= 0.3 is 5.97 Å². The monoisotopic (exact) mass is 407 g/mol. The zero-order valence-corrected chi connectivity index (χ0v) is 16.9. The number of ketones is 1. The van der Waals surface area contributed by atoms with E-state index in [1.807, 2.05) is 17.5 Å². The molecular weight excluding hydrogens is 378 g/mol. The highest BCUT2D eigenvalue weighted by molar-refractivity contribution is 7.09. The van der Waals surface area contributed by atoms with E-state index in [9.17, 15) is 9.59 Å². The van der Waals surface area contributed by atoms with E-state index >= 15 is 0 Å². The minimum atomic E-state index is -0.760. The summed E-state index contributed by atoms with van der Waals surface area (Å²) in [6.45, 7) is 3.45. The van der Waals surface area contributed by atoms with Crippen molar-refractivity contribution in [1.29, 1.82) is 0 Å². The van der Waals surface area contributed by atoms with Gasteiger partial charge in [-0.2, -0.15) is 0 Å². The summed E-state index contributed by atoms with van der Waals surface area (Å²) >= 11 is 1.67. The molecule has 2 heterocycles. The zero-order chi connectivity index (χ0) is 19.8. The van der Waals surface area contributed by atoms with Crippen LogP contribution in [0.1, 0.15) is 37.0 Å². The molecule has 1 saturated carbocycles. The molecule has 1 saturated heterocycles. The van der Waals surface area contributed by atoms with Gasteiger partial charge in [0.1, 0.15) is 0 Å². The number of thiophene rings is 1. The molecule has 2 aliphatic rings. The molecule has 1 aromatic rings. The first-order valence-corrected chi connectivity index (χ1v) is 10.9. The van der Waals surface area contributed by atoms with Crippen LogP contribution in [-0.4, -0.2) is 60.2 Å². The fraction of sp³-hybridized carbons (Fsp3) is 0.619. The third kappa shape index (κ3) is 5.98. The first-order valence-electron chi connectivity index (χ1n) is 10.0. The van der Waals surface area contributed by atoms with Gasteiger partial charge in [-0.15, -0.1) is 11.3 Å². The molecule has 1 aromatic heterocycles. The molecule has 154 valence electrons. The van der Waals surface area contributed by atoms with Gasteiger partial charge < -0.3 is 14.6 Å². The maximum absolute atomic E-state index is 12.8. The molecule has 2 fully saturated rings. The molecule has 3 rings (SSSR count). The van der Waals surface area contributed by atoms with Crippen molar-refractivity contribution in [2.75, 3.05) is 26.3 Å². The Labute approximate surface area is 170 Å². The molecule has 28 heavy (non-hydrogen) atoms. The fourth-order valence-electron chi connectivity index (χ4n) is 4.03. The average Bonchev–Trinajstić information content (AvgIpc) is 3.31. The zero-order valence-electron chi connectivity index (χ0n) is 16.1. The van der Waals surface area contributed by atoms with Crippen LogP contribution < -0.4 is 0 Å². The molecule has 0 amide bonds. The lowest BCUT2D eigenvalue weighted by Gasteiger charge is -2.35. The Morgan fingerprint density at radius 3 is 2.89 bits per heavy atom. The molecule has 3 atom stereocenters. The van der Waals surface area contributed by atoms with Gasteiger partial charge in [0.15, 0.2) is 5.78 Å². The molecule has 7 heteroatoms. The number of carbonyl (C=O) groups is 2. The maximum atomic E-state index is 12.8. The lowest BCUT2D eigenvalue weighted by atomic mass is 9.95. The van der Waals surface area contributed by atoms with Crippen LogP contribution in [0.2, 0.25) is 0 Å². The summed E-state index contributed by atoms with van der Waals surface area (Å²) in [4.78, 5) is 26.9. The van der Waals surface area contributed by atoms with Crippen LogP contribution in [0.5, 0.6) is 0 Å². The number of carbonyl (C=O) groups excluding carboxylic acids is 1. The summed E-state index contributed by atoms with van der Waals surface area (Å²) in [6.07, 6.45) is 6.87. The summed E-state index contributed by atoms with van der Waals surface area (Å²) in [5.41, 5.74) is 0. The van der Waals surface area contributed by atoms with Crippen LogP contribution in [0.3, 0.4) is 0 Å². The highest BCUT2D eigenvalue weighted by atomic mass is 32.1. The number of unbranched alkanes of at least 4 members (excludes halogenated alkanes) is 1. The Bertz CT molecular complexity index is 654. The number of carboxylic acid groups (broad SMARTS) is 1. The molecule has 0 radical (unpaired) electrons. The van der Waals surface area contributed by atoms with E-state index in [0.29, 0.717) is 32.7 Å². The molecule has 1 N–H and O–H groups in total. The Balaban J connectivity index is 1.61. The van der Waals surface area contributed by atoms with E-state index < -0.39 is 5.97 Å². The molecule has 1 aliphatic heterocycles. The van der Waals surface area contributed by atoms with Gasteiger partial charge in [0.25, 0.3) is 0 Å². The molecule has 6 nitrogen and oxygen atoms in total. The van der Waals surface area contributed by atoms with Crippen LogP contribution in [0, 0.1) is 5.92 Å². The summed E-state index contributed by atoms with van der Waals surface area (Å²) in [7, 11) is 0. The minimum Gasteiger partial charge on any atom is -0.481 e. The molecular formula is C21H29NO5S. The van der Waals surface area contributed by atoms with E-state index in [2.05, 4.69) is 17.0 Å². The van der Waals surface area contributed by atoms with Crippen molar-refractivity contribution in [3.05, 3.63) is 34.5 Å². The number of rotatable bonds is 10. The Hall–Kier alpha value is -1.54. The fourth-order valence-corrected chi connectivity index (χ4v) is 4.66. The number of allylic oxidation sites excluding steroid dienone is 2. The summed E-state index contributed by atoms with van der Waals surface area (Å²) in [5, 5.41) is 10.8. The highest BCUT2D eigenvalue weighted by Crippen LogP contribution is 2.34. The maximum Gasteiger partial charge on any atom is 0.303 e. The quantitative estimate of drug-likeness (QED) is 0.474. The Morgan fingerprint density at radius 1 is 1.36 bits per heavy atom. The normalized spacial score (nSPS) is 26.3. The summed E-state index contributed by atoms with van der Waals surface area (Å²) in [6, 6.07) is 3.95. The van der Waals surface area contributed by atoms with Crippen molar-refractivity contribution in [1.82, 2.24) is 4.90 Å². The van der Waals surface area contributed by atoms with Gasteiger partial charge in [0.05, 0.1) is 32.0 Å². The number of hydrogen-bond acceptors (Lipinski definition) is 6. The summed E-state index contributed by atoms with van der Waals surface area (Å²) in [5.74, 6) is -0.368. The van der Waals surface area contributed by atoms with Gasteiger partial charge in [-0.3, -0.25) is 14.5 Å². The van der Waals surface area contributed by atoms with Crippen LogP contribution in [0.15, 0.2) is 29.7 Å². The van der Waals surface area contributed by atoms with Crippen molar-refractivity contribution in [2.24, 2.45) is 5.92 Å². The van der Waals surface area contributed by atoms with Crippen molar-refractivity contribution < 1.29 is 24.2 Å². The van der Waals surface area contributed by atoms with Gasteiger partial charge in [0.2, 0.25) is 0 Å². The highest BCUT2D eigenvalue weighted by Gasteiger charge is 2.45. The molecule has 0 unspecified atom stereocenters. The lowest BCUT2D eigenvalue weighted by molar-refractivity contribution is -0.137. The van der Waals surface area contributed by atoms with Crippen molar-refractivity contribution in [2.45, 2.75) is 50.9 Å². The number of morpholine rings is 1. The second kappa shape index (κ2) is 10.9. The van der Waals surface area contributed by atoms with Crippen LogP contribution >= 0.6 is 11.3 Å². The molecule has 0 spiro atoms. The smallest absolute Gasteiger partial charge is 0.303 e. The van der Waals surface area contributed by atoms with Gasteiger partial charge in [0, 0.05) is 36.7 Å². The largest absolute Gasteiger partial charge is 0.481 e. The van der Waals surface area contributed by atoms with Gasteiger partial charge in [-0.05, 0) is 30.7 Å². The number of ether oxygens (including phenoxy) is 2. The third-order valence-corrected chi connectivity index (χ3v) is 6.26. The molecule has 0 bridgehead atoms. The van der Waals surface area contributed by atoms with E-state index in [1.165, 1.54) is 4.88 Å².